The number of nitrogens with zero attached hydrogens (tertiary/aromatic N) is 2. The molecule has 0 aliphatic heterocycles. The molecule has 0 spiro atoms. The van der Waals surface area contributed by atoms with E-state index in [0.717, 1.165) is 0 Å². The van der Waals surface area contributed by atoms with E-state index in [2.05, 4.69) is 4.98 Å². The van der Waals surface area contributed by atoms with Gasteiger partial charge in [-0.3, -0.25) is 9.78 Å². The summed E-state index contributed by atoms with van der Waals surface area (Å²) in [5, 5.41) is 9.29. The van der Waals surface area contributed by atoms with Crippen molar-refractivity contribution in [1.29, 1.82) is 0 Å². The predicted molar refractivity (Wildman–Crippen MR) is 62.5 cm³/mol. The van der Waals surface area contributed by atoms with Crippen LogP contribution in [0.25, 0.3) is 0 Å². The minimum absolute atomic E-state index is 0.0101. The Balaban J connectivity index is 2.95. The number of aliphatic hydroxyl groups excluding tert-OH is 1. The topological polar surface area (TPSA) is 53.4 Å². The summed E-state index contributed by atoms with van der Waals surface area (Å²) in [5.74, 6) is -0.206. The summed E-state index contributed by atoms with van der Waals surface area (Å²) in [6.45, 7) is 4.00. The summed E-state index contributed by atoms with van der Waals surface area (Å²) in [7, 11) is 0. The third-order valence-corrected chi connectivity index (χ3v) is 2.55. The zero-order valence-corrected chi connectivity index (χ0v) is 10.1. The van der Waals surface area contributed by atoms with Gasteiger partial charge >= 0.3 is 0 Å². The van der Waals surface area contributed by atoms with Gasteiger partial charge in [0.05, 0.1) is 17.2 Å². The highest BCUT2D eigenvalue weighted by Crippen LogP contribution is 2.16. The molecule has 0 atom stereocenters. The van der Waals surface area contributed by atoms with Crippen LogP contribution in [0.3, 0.4) is 0 Å². The number of amides is 1. The summed E-state index contributed by atoms with van der Waals surface area (Å²) in [6.07, 6.45) is 2.97. The van der Waals surface area contributed by atoms with E-state index in [4.69, 9.17) is 16.7 Å². The van der Waals surface area contributed by atoms with Gasteiger partial charge in [-0.05, 0) is 19.9 Å². The second kappa shape index (κ2) is 5.82. The van der Waals surface area contributed by atoms with Crippen molar-refractivity contribution in [2.45, 2.75) is 19.9 Å². The van der Waals surface area contributed by atoms with Crippen LogP contribution < -0.4 is 0 Å². The number of hydrogen-bond acceptors (Lipinski definition) is 3. The Morgan fingerprint density at radius 2 is 2.31 bits per heavy atom. The number of halogens is 1. The SMILES string of the molecule is CC(C)N(CCO)C(=O)c1cnccc1Cl. The number of carbonyl (C=O) groups excluding carboxylic acids is 1. The first-order valence-corrected chi connectivity index (χ1v) is 5.47. The van der Waals surface area contributed by atoms with Gasteiger partial charge in [0.25, 0.3) is 5.91 Å². The number of aromatic nitrogens is 1. The van der Waals surface area contributed by atoms with Gasteiger partial charge in [0.1, 0.15) is 0 Å². The molecule has 88 valence electrons. The molecule has 0 fully saturated rings. The van der Waals surface area contributed by atoms with Crippen molar-refractivity contribution in [1.82, 2.24) is 9.88 Å². The smallest absolute Gasteiger partial charge is 0.257 e. The van der Waals surface area contributed by atoms with Crippen LogP contribution >= 0.6 is 11.6 Å². The van der Waals surface area contributed by atoms with Crippen molar-refractivity contribution < 1.29 is 9.90 Å². The fourth-order valence-corrected chi connectivity index (χ4v) is 1.58. The van der Waals surface area contributed by atoms with Crippen molar-refractivity contribution >= 4 is 17.5 Å². The largest absolute Gasteiger partial charge is 0.395 e. The second-order valence-corrected chi connectivity index (χ2v) is 4.08. The molecular formula is C11H15ClN2O2. The standard InChI is InChI=1S/C11H15ClN2O2/c1-8(2)14(5-6-15)11(16)9-7-13-4-3-10(9)12/h3-4,7-8,15H,5-6H2,1-2H3. The zero-order valence-electron chi connectivity index (χ0n) is 9.35. The van der Waals surface area contributed by atoms with E-state index in [1.54, 1.807) is 11.0 Å². The predicted octanol–water partition coefficient (Wildman–Crippen LogP) is 1.58. The zero-order chi connectivity index (χ0) is 12.1. The van der Waals surface area contributed by atoms with Gasteiger partial charge in [-0.15, -0.1) is 0 Å². The lowest BCUT2D eigenvalue weighted by Gasteiger charge is -2.26. The molecule has 0 bridgehead atoms. The number of pyridine rings is 1. The van der Waals surface area contributed by atoms with Gasteiger partial charge in [-0.1, -0.05) is 11.6 Å². The van der Waals surface area contributed by atoms with E-state index < -0.39 is 0 Å². The molecule has 0 saturated heterocycles. The molecule has 0 unspecified atom stereocenters. The Morgan fingerprint density at radius 3 is 2.81 bits per heavy atom. The molecule has 4 nitrogen and oxygen atoms in total. The molecule has 0 aliphatic rings. The van der Waals surface area contributed by atoms with Gasteiger partial charge in [0, 0.05) is 25.0 Å². The van der Waals surface area contributed by atoms with E-state index in [1.807, 2.05) is 13.8 Å². The molecule has 0 radical (unpaired) electrons. The Hall–Kier alpha value is -1.13. The van der Waals surface area contributed by atoms with Gasteiger partial charge in [-0.25, -0.2) is 0 Å². The molecule has 1 aromatic rings. The Kier molecular flexibility index (Phi) is 4.71. The van der Waals surface area contributed by atoms with Crippen LogP contribution in [-0.4, -0.2) is 40.1 Å². The van der Waals surface area contributed by atoms with E-state index in [9.17, 15) is 4.79 Å². The summed E-state index contributed by atoms with van der Waals surface area (Å²) in [6, 6.07) is 1.59. The quantitative estimate of drug-likeness (QED) is 0.872. The van der Waals surface area contributed by atoms with Crippen LogP contribution in [0.5, 0.6) is 0 Å². The van der Waals surface area contributed by atoms with Crippen LogP contribution in [0, 0.1) is 0 Å². The maximum atomic E-state index is 12.1. The fourth-order valence-electron chi connectivity index (χ4n) is 1.39. The van der Waals surface area contributed by atoms with Crippen LogP contribution in [0.2, 0.25) is 5.02 Å². The van der Waals surface area contributed by atoms with Gasteiger partial charge in [-0.2, -0.15) is 0 Å². The lowest BCUT2D eigenvalue weighted by atomic mass is 10.2. The number of rotatable bonds is 4. The van der Waals surface area contributed by atoms with Crippen LogP contribution in [-0.2, 0) is 0 Å². The first kappa shape index (κ1) is 12.9. The first-order chi connectivity index (χ1) is 7.57. The maximum Gasteiger partial charge on any atom is 0.257 e. The van der Waals surface area contributed by atoms with Crippen molar-refractivity contribution in [3.63, 3.8) is 0 Å². The van der Waals surface area contributed by atoms with Gasteiger partial charge < -0.3 is 10.0 Å². The number of carbonyl (C=O) groups is 1. The molecule has 0 aromatic carbocycles. The van der Waals surface area contributed by atoms with E-state index in [1.165, 1.54) is 12.4 Å². The fraction of sp³-hybridized carbons (Fsp3) is 0.455. The van der Waals surface area contributed by atoms with E-state index in [-0.39, 0.29) is 18.6 Å². The Morgan fingerprint density at radius 1 is 1.62 bits per heavy atom. The molecule has 5 heteroatoms. The lowest BCUT2D eigenvalue weighted by Crippen LogP contribution is -2.39. The van der Waals surface area contributed by atoms with Crippen molar-refractivity contribution in [3.8, 4) is 0 Å². The third-order valence-electron chi connectivity index (χ3n) is 2.22. The minimum Gasteiger partial charge on any atom is -0.395 e. The summed E-state index contributed by atoms with van der Waals surface area (Å²) < 4.78 is 0. The molecule has 1 N–H and O–H groups in total. The highest BCUT2D eigenvalue weighted by molar-refractivity contribution is 6.33. The Bertz CT molecular complexity index is 369. The van der Waals surface area contributed by atoms with E-state index in [0.29, 0.717) is 17.1 Å². The lowest BCUT2D eigenvalue weighted by molar-refractivity contribution is 0.0665. The monoisotopic (exact) mass is 242 g/mol. The average molecular weight is 243 g/mol. The molecule has 0 aliphatic carbocycles. The molecule has 1 aromatic heterocycles. The van der Waals surface area contributed by atoms with Crippen LogP contribution in [0.15, 0.2) is 18.5 Å². The second-order valence-electron chi connectivity index (χ2n) is 3.67. The minimum atomic E-state index is -0.206. The molecule has 1 amide bonds. The van der Waals surface area contributed by atoms with Gasteiger partial charge in [0.2, 0.25) is 0 Å². The molecule has 0 saturated carbocycles. The van der Waals surface area contributed by atoms with Crippen molar-refractivity contribution in [2.24, 2.45) is 0 Å². The number of aliphatic hydroxyl groups is 1. The van der Waals surface area contributed by atoms with Crippen LogP contribution in [0.1, 0.15) is 24.2 Å². The highest BCUT2D eigenvalue weighted by Gasteiger charge is 2.20. The summed E-state index contributed by atoms with van der Waals surface area (Å²) >= 11 is 5.92. The molecule has 1 rings (SSSR count). The maximum absolute atomic E-state index is 12.1. The third kappa shape index (κ3) is 2.93. The van der Waals surface area contributed by atoms with E-state index >= 15 is 0 Å². The highest BCUT2D eigenvalue weighted by atomic mass is 35.5. The summed E-state index contributed by atoms with van der Waals surface area (Å²) in [5.41, 5.74) is 0.367. The molecule has 16 heavy (non-hydrogen) atoms. The first-order valence-electron chi connectivity index (χ1n) is 5.09. The summed E-state index contributed by atoms with van der Waals surface area (Å²) in [4.78, 5) is 17.5. The van der Waals surface area contributed by atoms with Gasteiger partial charge in [0.15, 0.2) is 0 Å². The van der Waals surface area contributed by atoms with Crippen molar-refractivity contribution in [3.05, 3.63) is 29.0 Å². The molecule has 1 heterocycles. The molecular weight excluding hydrogens is 228 g/mol. The average Bonchev–Trinajstić information content (AvgIpc) is 2.25. The normalized spacial score (nSPS) is 10.6. The number of hydrogen-bond donors (Lipinski definition) is 1. The van der Waals surface area contributed by atoms with Crippen LogP contribution in [0.4, 0.5) is 0 Å². The Labute approximate surface area is 99.9 Å². The van der Waals surface area contributed by atoms with Crippen molar-refractivity contribution in [2.75, 3.05) is 13.2 Å².